The molecule has 4 heteroatoms. The zero-order valence-electron chi connectivity index (χ0n) is 13.8. The summed E-state index contributed by atoms with van der Waals surface area (Å²) in [6.07, 6.45) is 0. The van der Waals surface area contributed by atoms with Crippen molar-refractivity contribution in [2.75, 3.05) is 21.2 Å². The maximum absolute atomic E-state index is 5.81. The average molecular weight is 302 g/mol. The second-order valence-electron chi connectivity index (χ2n) is 4.78. The number of benzene rings is 2. The van der Waals surface area contributed by atoms with Crippen LogP contribution in [0.3, 0.4) is 0 Å². The number of aryl methyl sites for hydroxylation is 1. The van der Waals surface area contributed by atoms with E-state index in [0.29, 0.717) is 6.61 Å². The molecule has 0 spiro atoms. The van der Waals surface area contributed by atoms with Crippen LogP contribution < -0.4 is 20.5 Å². The summed E-state index contributed by atoms with van der Waals surface area (Å²) in [5, 5.41) is 3.12. The van der Waals surface area contributed by atoms with E-state index >= 15 is 0 Å². The molecule has 0 atom stereocenters. The number of methoxy groups -OCH3 is 1. The first-order valence-corrected chi connectivity index (χ1v) is 7.30. The maximum Gasteiger partial charge on any atom is 0.127 e. The zero-order valence-corrected chi connectivity index (χ0v) is 13.8. The topological polar surface area (TPSA) is 56.5 Å². The van der Waals surface area contributed by atoms with Crippen LogP contribution in [0, 0.1) is 6.92 Å². The molecule has 22 heavy (non-hydrogen) atoms. The lowest BCUT2D eigenvalue weighted by molar-refractivity contribution is 0.303. The molecule has 0 radical (unpaired) electrons. The first-order chi connectivity index (χ1) is 10.7. The molecule has 0 aliphatic carbocycles. The third-order valence-corrected chi connectivity index (χ3v) is 3.15. The van der Waals surface area contributed by atoms with E-state index in [-0.39, 0.29) is 0 Å². The van der Waals surface area contributed by atoms with Gasteiger partial charge in [-0.2, -0.15) is 0 Å². The van der Waals surface area contributed by atoms with Crippen molar-refractivity contribution >= 4 is 0 Å². The Hall–Kier alpha value is -2.04. The highest BCUT2D eigenvalue weighted by atomic mass is 16.5. The van der Waals surface area contributed by atoms with E-state index < -0.39 is 0 Å². The minimum Gasteiger partial charge on any atom is -0.496 e. The number of ether oxygens (including phenoxy) is 2. The predicted molar refractivity (Wildman–Crippen MR) is 91.4 cm³/mol. The summed E-state index contributed by atoms with van der Waals surface area (Å²) in [7, 11) is 5.10. The highest BCUT2D eigenvalue weighted by molar-refractivity contribution is 5.40. The molecule has 2 aromatic carbocycles. The van der Waals surface area contributed by atoms with Gasteiger partial charge in [-0.1, -0.05) is 35.9 Å². The largest absolute Gasteiger partial charge is 0.496 e. The third kappa shape index (κ3) is 5.39. The average Bonchev–Trinajstić information content (AvgIpc) is 2.57. The molecule has 2 aromatic rings. The molecule has 0 saturated carbocycles. The van der Waals surface area contributed by atoms with Crippen LogP contribution >= 0.6 is 0 Å². The van der Waals surface area contributed by atoms with Crippen molar-refractivity contribution in [1.29, 1.82) is 0 Å². The Balaban J connectivity index is 0.00000116. The lowest BCUT2D eigenvalue weighted by atomic mass is 10.1. The summed E-state index contributed by atoms with van der Waals surface area (Å²) >= 11 is 0. The molecular weight excluding hydrogens is 276 g/mol. The first-order valence-electron chi connectivity index (χ1n) is 7.30. The zero-order chi connectivity index (χ0) is 16.4. The van der Waals surface area contributed by atoms with E-state index in [1.165, 1.54) is 12.6 Å². The van der Waals surface area contributed by atoms with Crippen molar-refractivity contribution in [2.45, 2.75) is 20.1 Å². The number of nitrogens with two attached hydrogens (primary N) is 1. The standard InChI is InChI=1S/C17H21NO2.CH5N/c1-13-4-6-14(7-5-13)12-20-16-9-8-15(11-18-2)17(10-16)19-3;1-2/h4-10,18H,11-12H2,1-3H3;2H2,1H3. The smallest absolute Gasteiger partial charge is 0.127 e. The van der Waals surface area contributed by atoms with Crippen molar-refractivity contribution in [3.63, 3.8) is 0 Å². The first kappa shape index (κ1) is 18.0. The molecule has 0 fully saturated rings. The normalized spacial score (nSPS) is 9.68. The second kappa shape index (κ2) is 9.82. The molecule has 0 amide bonds. The van der Waals surface area contributed by atoms with Gasteiger partial charge in [-0.05, 0) is 32.6 Å². The molecule has 0 aliphatic rings. The Morgan fingerprint density at radius 2 is 1.73 bits per heavy atom. The molecule has 3 N–H and O–H groups in total. The van der Waals surface area contributed by atoms with Crippen molar-refractivity contribution in [3.8, 4) is 11.5 Å². The van der Waals surface area contributed by atoms with Gasteiger partial charge >= 0.3 is 0 Å². The summed E-state index contributed by atoms with van der Waals surface area (Å²) < 4.78 is 11.2. The van der Waals surface area contributed by atoms with E-state index in [1.807, 2.05) is 25.2 Å². The van der Waals surface area contributed by atoms with E-state index in [2.05, 4.69) is 42.2 Å². The van der Waals surface area contributed by atoms with Gasteiger partial charge in [0.05, 0.1) is 7.11 Å². The van der Waals surface area contributed by atoms with Crippen molar-refractivity contribution < 1.29 is 9.47 Å². The van der Waals surface area contributed by atoms with Crippen molar-refractivity contribution in [3.05, 3.63) is 59.2 Å². The Bertz CT molecular complexity index is 554. The summed E-state index contributed by atoms with van der Waals surface area (Å²) in [6.45, 7) is 3.42. The van der Waals surface area contributed by atoms with Gasteiger partial charge in [0.15, 0.2) is 0 Å². The van der Waals surface area contributed by atoms with Crippen LogP contribution in [0.1, 0.15) is 16.7 Å². The van der Waals surface area contributed by atoms with Gasteiger partial charge in [-0.3, -0.25) is 0 Å². The Labute approximate surface area is 133 Å². The summed E-state index contributed by atoms with van der Waals surface area (Å²) in [4.78, 5) is 0. The van der Waals surface area contributed by atoms with E-state index in [0.717, 1.165) is 29.2 Å². The van der Waals surface area contributed by atoms with E-state index in [4.69, 9.17) is 9.47 Å². The van der Waals surface area contributed by atoms with Crippen LogP contribution in [0.25, 0.3) is 0 Å². The molecular formula is C18H26N2O2. The van der Waals surface area contributed by atoms with Crippen molar-refractivity contribution in [1.82, 2.24) is 5.32 Å². The van der Waals surface area contributed by atoms with Crippen LogP contribution in [-0.4, -0.2) is 21.2 Å². The summed E-state index contributed by atoms with van der Waals surface area (Å²) in [6, 6.07) is 14.3. The minimum atomic E-state index is 0.564. The van der Waals surface area contributed by atoms with Crippen LogP contribution in [0.15, 0.2) is 42.5 Å². The van der Waals surface area contributed by atoms with Gasteiger partial charge in [-0.15, -0.1) is 0 Å². The van der Waals surface area contributed by atoms with Gasteiger partial charge in [0.1, 0.15) is 18.1 Å². The molecule has 0 unspecified atom stereocenters. The fourth-order valence-corrected chi connectivity index (χ4v) is 2.00. The monoisotopic (exact) mass is 302 g/mol. The predicted octanol–water partition coefficient (Wildman–Crippen LogP) is 2.88. The molecule has 2 rings (SSSR count). The second-order valence-corrected chi connectivity index (χ2v) is 4.78. The third-order valence-electron chi connectivity index (χ3n) is 3.15. The van der Waals surface area contributed by atoms with Gasteiger partial charge in [0.2, 0.25) is 0 Å². The maximum atomic E-state index is 5.81. The highest BCUT2D eigenvalue weighted by Gasteiger charge is 2.04. The quantitative estimate of drug-likeness (QED) is 0.861. The summed E-state index contributed by atoms with van der Waals surface area (Å²) in [5.41, 5.74) is 8.04. The van der Waals surface area contributed by atoms with E-state index in [1.54, 1.807) is 7.11 Å². The molecule has 0 aromatic heterocycles. The SMILES string of the molecule is CN.CNCc1ccc(OCc2ccc(C)cc2)cc1OC. The number of rotatable bonds is 6. The van der Waals surface area contributed by atoms with Gasteiger partial charge in [0, 0.05) is 18.2 Å². The molecule has 0 saturated heterocycles. The molecule has 0 bridgehead atoms. The highest BCUT2D eigenvalue weighted by Crippen LogP contribution is 2.25. The fourth-order valence-electron chi connectivity index (χ4n) is 2.00. The Morgan fingerprint density at radius 3 is 2.32 bits per heavy atom. The van der Waals surface area contributed by atoms with Gasteiger partial charge in [0.25, 0.3) is 0 Å². The van der Waals surface area contributed by atoms with E-state index in [9.17, 15) is 0 Å². The van der Waals surface area contributed by atoms with Gasteiger partial charge < -0.3 is 20.5 Å². The lowest BCUT2D eigenvalue weighted by Crippen LogP contribution is -2.06. The minimum absolute atomic E-state index is 0.564. The fraction of sp³-hybridized carbons (Fsp3) is 0.333. The number of hydrogen-bond donors (Lipinski definition) is 2. The Morgan fingerprint density at radius 1 is 1.05 bits per heavy atom. The number of nitrogens with one attached hydrogen (secondary N) is 1. The number of hydrogen-bond acceptors (Lipinski definition) is 4. The van der Waals surface area contributed by atoms with Gasteiger partial charge in [-0.25, -0.2) is 0 Å². The Kier molecular flexibility index (Phi) is 8.04. The molecule has 120 valence electrons. The van der Waals surface area contributed by atoms with Crippen LogP contribution in [-0.2, 0) is 13.2 Å². The molecule has 0 aliphatic heterocycles. The van der Waals surface area contributed by atoms with Crippen LogP contribution in [0.2, 0.25) is 0 Å². The molecule has 4 nitrogen and oxygen atoms in total. The lowest BCUT2D eigenvalue weighted by Gasteiger charge is -2.11. The van der Waals surface area contributed by atoms with Crippen molar-refractivity contribution in [2.24, 2.45) is 5.73 Å². The molecule has 0 heterocycles. The van der Waals surface area contributed by atoms with Crippen LogP contribution in [0.5, 0.6) is 11.5 Å². The summed E-state index contributed by atoms with van der Waals surface area (Å²) in [5.74, 6) is 1.67. The van der Waals surface area contributed by atoms with Crippen LogP contribution in [0.4, 0.5) is 0 Å².